The van der Waals surface area contributed by atoms with Crippen molar-refractivity contribution in [3.63, 3.8) is 0 Å². The van der Waals surface area contributed by atoms with Gasteiger partial charge in [0, 0.05) is 4.90 Å². The zero-order valence-electron chi connectivity index (χ0n) is 7.20. The first-order valence-corrected chi connectivity index (χ1v) is 5.19. The molecule has 2 aromatic rings. The molecule has 0 aliphatic rings. The largest absolute Gasteiger partial charge is 0.383 e. The average molecular weight is 226 g/mol. The Bertz CT molecular complexity index is 427. The Balaban J connectivity index is 2.23. The molecule has 72 valence electrons. The Morgan fingerprint density at radius 2 is 2.00 bits per heavy atom. The fourth-order valence-electron chi connectivity index (χ4n) is 0.992. The summed E-state index contributed by atoms with van der Waals surface area (Å²) in [6.45, 7) is 0. The van der Waals surface area contributed by atoms with Crippen molar-refractivity contribution in [2.75, 3.05) is 5.73 Å². The van der Waals surface area contributed by atoms with E-state index in [9.17, 15) is 0 Å². The number of halogens is 1. The van der Waals surface area contributed by atoms with Crippen molar-refractivity contribution in [3.05, 3.63) is 35.4 Å². The molecule has 3 nitrogen and oxygen atoms in total. The van der Waals surface area contributed by atoms with Gasteiger partial charge in [-0.1, -0.05) is 41.6 Å². The van der Waals surface area contributed by atoms with Gasteiger partial charge in [-0.05, 0) is 12.1 Å². The topological polar surface area (TPSA) is 54.7 Å². The van der Waals surface area contributed by atoms with Crippen LogP contribution < -0.4 is 5.73 Å². The summed E-state index contributed by atoms with van der Waals surface area (Å²) in [5, 5.41) is 7.81. The molecule has 3 N–H and O–H groups in total. The van der Waals surface area contributed by atoms with Crippen LogP contribution in [0.3, 0.4) is 0 Å². The number of nitrogen functional groups attached to an aromatic ring is 1. The van der Waals surface area contributed by atoms with Crippen molar-refractivity contribution in [3.8, 4) is 0 Å². The highest BCUT2D eigenvalue weighted by Crippen LogP contribution is 2.33. The number of nitrogens with one attached hydrogen (secondary N) is 1. The summed E-state index contributed by atoms with van der Waals surface area (Å²) >= 11 is 7.40. The molecule has 2 rings (SSSR count). The van der Waals surface area contributed by atoms with Crippen molar-refractivity contribution in [2.24, 2.45) is 0 Å². The Kier molecular flexibility index (Phi) is 2.65. The van der Waals surface area contributed by atoms with Gasteiger partial charge in [-0.2, -0.15) is 5.10 Å². The molecule has 5 heteroatoms. The smallest absolute Gasteiger partial charge is 0.144 e. The molecule has 0 spiro atoms. The Morgan fingerprint density at radius 1 is 1.29 bits per heavy atom. The van der Waals surface area contributed by atoms with Gasteiger partial charge in [0.05, 0.1) is 0 Å². The zero-order valence-corrected chi connectivity index (χ0v) is 8.77. The van der Waals surface area contributed by atoms with E-state index in [0.717, 1.165) is 4.90 Å². The molecule has 0 unspecified atom stereocenters. The van der Waals surface area contributed by atoms with Crippen molar-refractivity contribution >= 4 is 29.2 Å². The van der Waals surface area contributed by atoms with E-state index in [-0.39, 0.29) is 0 Å². The van der Waals surface area contributed by atoms with Crippen LogP contribution in [0.2, 0.25) is 5.02 Å². The third-order valence-electron chi connectivity index (χ3n) is 1.66. The molecule has 0 fully saturated rings. The predicted octanol–water partition coefficient (Wildman–Crippen LogP) is 2.80. The van der Waals surface area contributed by atoms with E-state index in [4.69, 9.17) is 17.3 Å². The fraction of sp³-hybridized carbons (Fsp3) is 0. The summed E-state index contributed by atoms with van der Waals surface area (Å²) in [5.41, 5.74) is 5.53. The standard InChI is InChI=1S/C9H8ClN3S/c10-7-8(11)12-13-9(7)14-6-4-2-1-3-5-6/h1-5H,(H3,11,12,13). The molecular formula is C9H8ClN3S. The number of H-pyrrole nitrogens is 1. The van der Waals surface area contributed by atoms with Crippen LogP contribution in [0, 0.1) is 0 Å². The van der Waals surface area contributed by atoms with E-state index in [1.54, 1.807) is 0 Å². The molecule has 0 saturated heterocycles. The highest BCUT2D eigenvalue weighted by atomic mass is 35.5. The van der Waals surface area contributed by atoms with Crippen LogP contribution in [0.4, 0.5) is 5.82 Å². The number of benzene rings is 1. The minimum Gasteiger partial charge on any atom is -0.383 e. The number of aromatic nitrogens is 2. The number of aromatic amines is 1. The van der Waals surface area contributed by atoms with Crippen LogP contribution in [0.1, 0.15) is 0 Å². The minimum atomic E-state index is 0.407. The summed E-state index contributed by atoms with van der Waals surface area (Å²) in [5.74, 6) is 0.407. The van der Waals surface area contributed by atoms with Crippen molar-refractivity contribution in [1.29, 1.82) is 0 Å². The van der Waals surface area contributed by atoms with Crippen molar-refractivity contribution in [1.82, 2.24) is 10.2 Å². The third kappa shape index (κ3) is 1.86. The van der Waals surface area contributed by atoms with Gasteiger partial charge >= 0.3 is 0 Å². The number of nitrogens with two attached hydrogens (primary N) is 1. The lowest BCUT2D eigenvalue weighted by molar-refractivity contribution is 1.01. The van der Waals surface area contributed by atoms with Crippen LogP contribution in [-0.4, -0.2) is 10.2 Å². The van der Waals surface area contributed by atoms with Crippen molar-refractivity contribution < 1.29 is 0 Å². The van der Waals surface area contributed by atoms with Gasteiger partial charge in [0.1, 0.15) is 15.9 Å². The minimum absolute atomic E-state index is 0.407. The quantitative estimate of drug-likeness (QED) is 0.827. The summed E-state index contributed by atoms with van der Waals surface area (Å²) in [7, 11) is 0. The molecule has 0 radical (unpaired) electrons. The Morgan fingerprint density at radius 3 is 2.57 bits per heavy atom. The van der Waals surface area contributed by atoms with E-state index in [0.29, 0.717) is 15.9 Å². The summed E-state index contributed by atoms with van der Waals surface area (Å²) < 4.78 is 0. The molecule has 1 aromatic carbocycles. The van der Waals surface area contributed by atoms with E-state index >= 15 is 0 Å². The van der Waals surface area contributed by atoms with E-state index in [1.165, 1.54) is 11.8 Å². The molecule has 0 amide bonds. The highest BCUT2D eigenvalue weighted by Gasteiger charge is 2.09. The predicted molar refractivity (Wildman–Crippen MR) is 58.6 cm³/mol. The third-order valence-corrected chi connectivity index (χ3v) is 3.15. The number of hydrogen-bond acceptors (Lipinski definition) is 3. The number of nitrogens with zero attached hydrogens (tertiary/aromatic N) is 1. The first-order valence-electron chi connectivity index (χ1n) is 3.99. The van der Waals surface area contributed by atoms with Crippen LogP contribution in [-0.2, 0) is 0 Å². The van der Waals surface area contributed by atoms with Crippen LogP contribution in [0.5, 0.6) is 0 Å². The fourth-order valence-corrected chi connectivity index (χ4v) is 2.00. The molecule has 1 heterocycles. The summed E-state index contributed by atoms with van der Waals surface area (Å²) in [6, 6.07) is 9.88. The van der Waals surface area contributed by atoms with Gasteiger partial charge in [0.25, 0.3) is 0 Å². The van der Waals surface area contributed by atoms with Crippen LogP contribution in [0.15, 0.2) is 40.3 Å². The second kappa shape index (κ2) is 3.94. The Hall–Kier alpha value is -1.13. The van der Waals surface area contributed by atoms with E-state index in [1.807, 2.05) is 30.3 Å². The molecule has 0 aliphatic carbocycles. The van der Waals surface area contributed by atoms with E-state index < -0.39 is 0 Å². The monoisotopic (exact) mass is 225 g/mol. The molecule has 1 aromatic heterocycles. The van der Waals surface area contributed by atoms with E-state index in [2.05, 4.69) is 10.2 Å². The first kappa shape index (κ1) is 9.43. The van der Waals surface area contributed by atoms with Gasteiger partial charge in [-0.3, -0.25) is 5.10 Å². The molecule has 0 aliphatic heterocycles. The normalized spacial score (nSPS) is 10.4. The maximum absolute atomic E-state index is 5.92. The number of anilines is 1. The van der Waals surface area contributed by atoms with Gasteiger partial charge < -0.3 is 5.73 Å². The summed E-state index contributed by atoms with van der Waals surface area (Å²) in [4.78, 5) is 1.08. The molecule has 0 atom stereocenters. The van der Waals surface area contributed by atoms with Crippen LogP contribution in [0.25, 0.3) is 0 Å². The number of hydrogen-bond donors (Lipinski definition) is 2. The Labute approximate surface area is 90.7 Å². The first-order chi connectivity index (χ1) is 6.77. The average Bonchev–Trinajstić information content (AvgIpc) is 2.52. The van der Waals surface area contributed by atoms with Crippen LogP contribution >= 0.6 is 23.4 Å². The maximum Gasteiger partial charge on any atom is 0.144 e. The molecular weight excluding hydrogens is 218 g/mol. The second-order valence-corrected chi connectivity index (χ2v) is 4.11. The van der Waals surface area contributed by atoms with Gasteiger partial charge in [0.15, 0.2) is 0 Å². The zero-order chi connectivity index (χ0) is 9.97. The molecule has 0 saturated carbocycles. The SMILES string of the molecule is Nc1[nH]nc(Sc2ccccc2)c1Cl. The maximum atomic E-state index is 5.92. The highest BCUT2D eigenvalue weighted by molar-refractivity contribution is 7.99. The number of rotatable bonds is 2. The lowest BCUT2D eigenvalue weighted by atomic mass is 10.4. The lowest BCUT2D eigenvalue weighted by Gasteiger charge is -1.96. The van der Waals surface area contributed by atoms with Crippen molar-refractivity contribution in [2.45, 2.75) is 9.92 Å². The lowest BCUT2D eigenvalue weighted by Crippen LogP contribution is -1.83. The molecule has 0 bridgehead atoms. The van der Waals surface area contributed by atoms with Gasteiger partial charge in [0.2, 0.25) is 0 Å². The van der Waals surface area contributed by atoms with Gasteiger partial charge in [-0.15, -0.1) is 0 Å². The molecule has 14 heavy (non-hydrogen) atoms. The van der Waals surface area contributed by atoms with Gasteiger partial charge in [-0.25, -0.2) is 0 Å². The summed E-state index contributed by atoms with van der Waals surface area (Å²) in [6.07, 6.45) is 0. The second-order valence-electron chi connectivity index (χ2n) is 2.67.